The number of amides is 2. The zero-order valence-electron chi connectivity index (χ0n) is 24.1. The van der Waals surface area contributed by atoms with Crippen LogP contribution in [0.15, 0.2) is 81.7 Å². The van der Waals surface area contributed by atoms with Crippen LogP contribution in [0.1, 0.15) is 36.1 Å². The Morgan fingerprint density at radius 1 is 0.619 bits per heavy atom. The molecular formula is C34H34Br2N2O4. The van der Waals surface area contributed by atoms with Crippen molar-refractivity contribution in [3.63, 3.8) is 0 Å². The predicted octanol–water partition coefficient (Wildman–Crippen LogP) is 8.66. The molecule has 0 atom stereocenters. The van der Waals surface area contributed by atoms with E-state index in [9.17, 15) is 9.59 Å². The quantitative estimate of drug-likeness (QED) is 0.165. The SMILES string of the molecule is CCc1ccc(OCC(=O)Nc2ccc(-c3ccc(NC(=O)COc4ccc(CC)cc4Br)c(C)c3)cc2C)c(Br)c1. The molecule has 0 fully saturated rings. The van der Waals surface area contributed by atoms with Gasteiger partial charge in [-0.1, -0.05) is 38.1 Å². The van der Waals surface area contributed by atoms with Crippen LogP contribution in [-0.2, 0) is 22.4 Å². The van der Waals surface area contributed by atoms with Crippen molar-refractivity contribution in [2.45, 2.75) is 40.5 Å². The predicted molar refractivity (Wildman–Crippen MR) is 177 cm³/mol. The summed E-state index contributed by atoms with van der Waals surface area (Å²) in [6.45, 7) is 7.90. The maximum absolute atomic E-state index is 12.6. The van der Waals surface area contributed by atoms with E-state index in [1.807, 2.05) is 86.6 Å². The van der Waals surface area contributed by atoms with Gasteiger partial charge in [0.2, 0.25) is 0 Å². The molecule has 0 saturated heterocycles. The molecule has 2 amide bonds. The molecule has 0 aliphatic carbocycles. The summed E-state index contributed by atoms with van der Waals surface area (Å²) in [6.07, 6.45) is 1.86. The third-order valence-corrected chi connectivity index (χ3v) is 8.10. The van der Waals surface area contributed by atoms with Gasteiger partial charge in [-0.2, -0.15) is 0 Å². The molecule has 0 radical (unpaired) electrons. The Morgan fingerprint density at radius 2 is 1.02 bits per heavy atom. The molecule has 0 saturated carbocycles. The monoisotopic (exact) mass is 692 g/mol. The van der Waals surface area contributed by atoms with Crippen LogP contribution in [0.2, 0.25) is 0 Å². The maximum atomic E-state index is 12.6. The van der Waals surface area contributed by atoms with Crippen molar-refractivity contribution >= 4 is 55.0 Å². The first-order valence-corrected chi connectivity index (χ1v) is 15.4. The van der Waals surface area contributed by atoms with Gasteiger partial charge in [0.15, 0.2) is 13.2 Å². The Morgan fingerprint density at radius 3 is 1.36 bits per heavy atom. The number of carbonyl (C=O) groups is 2. The third-order valence-electron chi connectivity index (χ3n) is 6.86. The average molecular weight is 694 g/mol. The first-order chi connectivity index (χ1) is 20.2. The summed E-state index contributed by atoms with van der Waals surface area (Å²) in [6, 6.07) is 23.5. The number of aryl methyl sites for hydroxylation is 4. The van der Waals surface area contributed by atoms with Crippen molar-refractivity contribution in [3.8, 4) is 22.6 Å². The maximum Gasteiger partial charge on any atom is 0.262 e. The highest BCUT2D eigenvalue weighted by atomic mass is 79.9. The number of carbonyl (C=O) groups excluding carboxylic acids is 2. The van der Waals surface area contributed by atoms with Gasteiger partial charge in [-0.15, -0.1) is 0 Å². The van der Waals surface area contributed by atoms with Gasteiger partial charge in [0.1, 0.15) is 11.5 Å². The van der Waals surface area contributed by atoms with E-state index in [1.54, 1.807) is 0 Å². The summed E-state index contributed by atoms with van der Waals surface area (Å²) in [7, 11) is 0. The van der Waals surface area contributed by atoms with Crippen molar-refractivity contribution in [1.82, 2.24) is 0 Å². The first-order valence-electron chi connectivity index (χ1n) is 13.8. The summed E-state index contributed by atoms with van der Waals surface area (Å²) in [4.78, 5) is 25.1. The van der Waals surface area contributed by atoms with Gasteiger partial charge in [-0.05, 0) is 140 Å². The lowest BCUT2D eigenvalue weighted by Crippen LogP contribution is -2.21. The van der Waals surface area contributed by atoms with E-state index >= 15 is 0 Å². The standard InChI is InChI=1S/C34H34Br2N2O4/c1-5-23-7-13-31(27(35)17-23)41-19-33(39)37-29-11-9-25(15-21(29)3)26-10-12-30(22(4)16-26)38-34(40)20-42-32-14-8-24(6-2)18-28(32)36/h7-18H,5-6,19-20H2,1-4H3,(H,37,39)(H,38,40). The summed E-state index contributed by atoms with van der Waals surface area (Å²) < 4.78 is 13.1. The summed E-state index contributed by atoms with van der Waals surface area (Å²) in [5.41, 5.74) is 7.71. The Balaban J connectivity index is 1.33. The molecule has 42 heavy (non-hydrogen) atoms. The van der Waals surface area contributed by atoms with Gasteiger partial charge in [0.25, 0.3) is 11.8 Å². The minimum Gasteiger partial charge on any atom is -0.483 e. The lowest BCUT2D eigenvalue weighted by molar-refractivity contribution is -0.118. The van der Waals surface area contributed by atoms with Crippen molar-refractivity contribution in [2.24, 2.45) is 0 Å². The molecule has 0 bridgehead atoms. The highest BCUT2D eigenvalue weighted by Crippen LogP contribution is 2.30. The van der Waals surface area contributed by atoms with Gasteiger partial charge in [0.05, 0.1) is 8.95 Å². The summed E-state index contributed by atoms with van der Waals surface area (Å²) in [5, 5.41) is 5.87. The van der Waals surface area contributed by atoms with E-state index in [0.717, 1.165) is 55.4 Å². The van der Waals surface area contributed by atoms with Gasteiger partial charge in [-0.25, -0.2) is 0 Å². The number of rotatable bonds is 11. The number of hydrogen-bond donors (Lipinski definition) is 2. The number of nitrogens with one attached hydrogen (secondary N) is 2. The Kier molecular flexibility index (Phi) is 10.8. The van der Waals surface area contributed by atoms with Crippen LogP contribution in [0.25, 0.3) is 11.1 Å². The second-order valence-corrected chi connectivity index (χ2v) is 11.7. The molecule has 0 aromatic heterocycles. The molecular weight excluding hydrogens is 660 g/mol. The minimum absolute atomic E-state index is 0.0922. The van der Waals surface area contributed by atoms with Crippen LogP contribution < -0.4 is 20.1 Å². The van der Waals surface area contributed by atoms with E-state index in [1.165, 1.54) is 11.1 Å². The molecule has 4 aromatic rings. The number of anilines is 2. The van der Waals surface area contributed by atoms with Crippen molar-refractivity contribution < 1.29 is 19.1 Å². The van der Waals surface area contributed by atoms with Crippen molar-refractivity contribution in [3.05, 3.63) is 104 Å². The zero-order chi connectivity index (χ0) is 30.2. The topological polar surface area (TPSA) is 76.7 Å². The fraction of sp³-hybridized carbons (Fsp3) is 0.235. The van der Waals surface area contributed by atoms with Crippen LogP contribution in [0.3, 0.4) is 0 Å². The van der Waals surface area contributed by atoms with Crippen LogP contribution in [0.4, 0.5) is 11.4 Å². The first kappa shape index (κ1) is 31.3. The molecule has 0 spiro atoms. The third kappa shape index (κ3) is 8.23. The number of hydrogen-bond acceptors (Lipinski definition) is 4. The smallest absolute Gasteiger partial charge is 0.262 e. The highest BCUT2D eigenvalue weighted by Gasteiger charge is 2.12. The zero-order valence-corrected chi connectivity index (χ0v) is 27.3. The fourth-order valence-corrected chi connectivity index (χ4v) is 5.47. The van der Waals surface area contributed by atoms with E-state index in [2.05, 4.69) is 56.3 Å². The van der Waals surface area contributed by atoms with E-state index in [-0.39, 0.29) is 25.0 Å². The highest BCUT2D eigenvalue weighted by molar-refractivity contribution is 9.10. The minimum atomic E-state index is -0.234. The Bertz CT molecular complexity index is 1480. The average Bonchev–Trinajstić information content (AvgIpc) is 2.97. The molecule has 0 unspecified atom stereocenters. The summed E-state index contributed by atoms with van der Waals surface area (Å²) >= 11 is 7.01. The van der Waals surface area contributed by atoms with Crippen molar-refractivity contribution in [2.75, 3.05) is 23.8 Å². The Labute approximate surface area is 264 Å². The van der Waals surface area contributed by atoms with Gasteiger partial charge < -0.3 is 20.1 Å². The van der Waals surface area contributed by atoms with Crippen LogP contribution >= 0.6 is 31.9 Å². The van der Waals surface area contributed by atoms with Crippen LogP contribution in [0, 0.1) is 13.8 Å². The van der Waals surface area contributed by atoms with Gasteiger partial charge in [0, 0.05) is 11.4 Å². The lowest BCUT2D eigenvalue weighted by atomic mass is 10.00. The molecule has 6 nitrogen and oxygen atoms in total. The molecule has 0 aliphatic rings. The largest absolute Gasteiger partial charge is 0.483 e. The number of halogens is 2. The second-order valence-electron chi connectivity index (χ2n) is 9.97. The van der Waals surface area contributed by atoms with Crippen LogP contribution in [-0.4, -0.2) is 25.0 Å². The van der Waals surface area contributed by atoms with E-state index in [0.29, 0.717) is 11.5 Å². The lowest BCUT2D eigenvalue weighted by Gasteiger charge is -2.14. The van der Waals surface area contributed by atoms with Crippen molar-refractivity contribution in [1.29, 1.82) is 0 Å². The fourth-order valence-electron chi connectivity index (χ4n) is 4.39. The van der Waals surface area contributed by atoms with Crippen LogP contribution in [0.5, 0.6) is 11.5 Å². The molecule has 0 aliphatic heterocycles. The number of ether oxygens (including phenoxy) is 2. The normalized spacial score (nSPS) is 10.7. The molecule has 8 heteroatoms. The number of benzene rings is 4. The molecule has 0 heterocycles. The molecule has 4 aromatic carbocycles. The van der Waals surface area contributed by atoms with Gasteiger partial charge >= 0.3 is 0 Å². The Hall–Kier alpha value is -3.62. The molecule has 4 rings (SSSR count). The molecule has 2 N–H and O–H groups in total. The van der Waals surface area contributed by atoms with Gasteiger partial charge in [-0.3, -0.25) is 9.59 Å². The van der Waals surface area contributed by atoms with E-state index < -0.39 is 0 Å². The molecule has 218 valence electrons. The van der Waals surface area contributed by atoms with E-state index in [4.69, 9.17) is 9.47 Å². The second kappa shape index (κ2) is 14.5. The summed E-state index contributed by atoms with van der Waals surface area (Å²) in [5.74, 6) is 0.795.